The lowest BCUT2D eigenvalue weighted by molar-refractivity contribution is 0.336. The van der Waals surface area contributed by atoms with E-state index in [1.807, 2.05) is 13.1 Å². The van der Waals surface area contributed by atoms with Crippen LogP contribution >= 0.6 is 23.2 Å². The van der Waals surface area contributed by atoms with Crippen LogP contribution < -0.4 is 5.73 Å². The van der Waals surface area contributed by atoms with Crippen molar-refractivity contribution >= 4 is 29.0 Å². The number of benzene rings is 1. The van der Waals surface area contributed by atoms with Crippen molar-refractivity contribution in [3.63, 3.8) is 0 Å². The van der Waals surface area contributed by atoms with Gasteiger partial charge in [-0.1, -0.05) is 23.2 Å². The van der Waals surface area contributed by atoms with E-state index in [1.54, 1.807) is 12.1 Å². The zero-order chi connectivity index (χ0) is 12.1. The SMILES string of the molecule is CN(CCC(=N)N)Cc1cc(Cl)ccc1Cl. The first-order valence-electron chi connectivity index (χ1n) is 4.94. The second-order valence-electron chi connectivity index (χ2n) is 3.75. The zero-order valence-electron chi connectivity index (χ0n) is 9.13. The molecule has 0 radical (unpaired) electrons. The topological polar surface area (TPSA) is 53.1 Å². The van der Waals surface area contributed by atoms with Gasteiger partial charge >= 0.3 is 0 Å². The summed E-state index contributed by atoms with van der Waals surface area (Å²) >= 11 is 11.9. The van der Waals surface area contributed by atoms with E-state index in [2.05, 4.69) is 4.90 Å². The molecule has 1 rings (SSSR count). The number of amidine groups is 1. The second-order valence-corrected chi connectivity index (χ2v) is 4.59. The summed E-state index contributed by atoms with van der Waals surface area (Å²) in [5.41, 5.74) is 6.28. The second kappa shape index (κ2) is 6.09. The quantitative estimate of drug-likeness (QED) is 0.631. The van der Waals surface area contributed by atoms with Crippen molar-refractivity contribution in [3.05, 3.63) is 33.8 Å². The van der Waals surface area contributed by atoms with Gasteiger partial charge in [0.2, 0.25) is 0 Å². The van der Waals surface area contributed by atoms with Crippen molar-refractivity contribution < 1.29 is 0 Å². The van der Waals surface area contributed by atoms with E-state index in [1.165, 1.54) is 0 Å². The van der Waals surface area contributed by atoms with Crippen molar-refractivity contribution in [1.29, 1.82) is 5.41 Å². The molecule has 0 aliphatic carbocycles. The fraction of sp³-hybridized carbons (Fsp3) is 0.364. The van der Waals surface area contributed by atoms with Crippen LogP contribution in [0, 0.1) is 5.41 Å². The highest BCUT2D eigenvalue weighted by molar-refractivity contribution is 6.33. The molecular formula is C11H15Cl2N3. The third kappa shape index (κ3) is 4.39. The molecule has 0 aliphatic rings. The smallest absolute Gasteiger partial charge is 0.0918 e. The molecule has 0 amide bonds. The molecule has 0 fully saturated rings. The summed E-state index contributed by atoms with van der Waals surface area (Å²) in [7, 11) is 1.96. The molecule has 3 N–H and O–H groups in total. The lowest BCUT2D eigenvalue weighted by Gasteiger charge is -2.17. The molecule has 16 heavy (non-hydrogen) atoms. The molecule has 0 aromatic heterocycles. The Morgan fingerprint density at radius 2 is 2.12 bits per heavy atom. The molecule has 0 atom stereocenters. The minimum atomic E-state index is 0.198. The zero-order valence-corrected chi connectivity index (χ0v) is 10.6. The highest BCUT2D eigenvalue weighted by Gasteiger charge is 2.05. The van der Waals surface area contributed by atoms with Crippen molar-refractivity contribution in [3.8, 4) is 0 Å². The standard InChI is InChI=1S/C11H15Cl2N3/c1-16(5-4-11(14)15)7-8-6-9(12)2-3-10(8)13/h2-3,6H,4-5,7H2,1H3,(H3,14,15). The van der Waals surface area contributed by atoms with E-state index in [0.29, 0.717) is 23.0 Å². The Bertz CT molecular complexity index is 379. The summed E-state index contributed by atoms with van der Waals surface area (Å²) in [6, 6.07) is 5.41. The maximum atomic E-state index is 7.15. The van der Waals surface area contributed by atoms with Gasteiger partial charge in [-0.15, -0.1) is 0 Å². The highest BCUT2D eigenvalue weighted by Crippen LogP contribution is 2.21. The maximum absolute atomic E-state index is 7.15. The van der Waals surface area contributed by atoms with Crippen molar-refractivity contribution in [2.45, 2.75) is 13.0 Å². The third-order valence-electron chi connectivity index (χ3n) is 2.21. The largest absolute Gasteiger partial charge is 0.388 e. The highest BCUT2D eigenvalue weighted by atomic mass is 35.5. The van der Waals surface area contributed by atoms with Crippen LogP contribution in [-0.4, -0.2) is 24.3 Å². The van der Waals surface area contributed by atoms with E-state index < -0.39 is 0 Å². The van der Waals surface area contributed by atoms with Gasteiger partial charge in [-0.05, 0) is 30.8 Å². The first-order chi connectivity index (χ1) is 7.49. The lowest BCUT2D eigenvalue weighted by Crippen LogP contribution is -2.24. The first kappa shape index (κ1) is 13.3. The molecule has 0 saturated heterocycles. The molecule has 1 aromatic rings. The van der Waals surface area contributed by atoms with Crippen molar-refractivity contribution in [2.75, 3.05) is 13.6 Å². The normalized spacial score (nSPS) is 10.8. The monoisotopic (exact) mass is 259 g/mol. The maximum Gasteiger partial charge on any atom is 0.0918 e. The summed E-state index contributed by atoms with van der Waals surface area (Å²) in [5, 5.41) is 8.54. The van der Waals surface area contributed by atoms with Crippen LogP contribution in [0.3, 0.4) is 0 Å². The fourth-order valence-corrected chi connectivity index (χ4v) is 1.72. The van der Waals surface area contributed by atoms with Crippen molar-refractivity contribution in [2.24, 2.45) is 5.73 Å². The number of halogens is 2. The Morgan fingerprint density at radius 3 is 2.75 bits per heavy atom. The Morgan fingerprint density at radius 1 is 1.44 bits per heavy atom. The van der Waals surface area contributed by atoms with E-state index in [4.69, 9.17) is 34.3 Å². The van der Waals surface area contributed by atoms with E-state index in [0.717, 1.165) is 12.1 Å². The number of nitrogens with zero attached hydrogens (tertiary/aromatic N) is 1. The van der Waals surface area contributed by atoms with Crippen LogP contribution in [0.15, 0.2) is 18.2 Å². The van der Waals surface area contributed by atoms with Gasteiger partial charge < -0.3 is 10.6 Å². The minimum absolute atomic E-state index is 0.198. The van der Waals surface area contributed by atoms with Gasteiger partial charge in [0.05, 0.1) is 5.84 Å². The molecule has 0 spiro atoms. The van der Waals surface area contributed by atoms with Crippen molar-refractivity contribution in [1.82, 2.24) is 4.90 Å². The predicted octanol–water partition coefficient (Wildman–Crippen LogP) is 2.75. The Hall–Kier alpha value is -0.770. The number of hydrogen-bond donors (Lipinski definition) is 2. The lowest BCUT2D eigenvalue weighted by atomic mass is 10.2. The number of rotatable bonds is 5. The third-order valence-corrected chi connectivity index (χ3v) is 2.81. The molecule has 3 nitrogen and oxygen atoms in total. The van der Waals surface area contributed by atoms with Gasteiger partial charge in [0.25, 0.3) is 0 Å². The molecule has 0 saturated carbocycles. The first-order valence-corrected chi connectivity index (χ1v) is 5.70. The number of hydrogen-bond acceptors (Lipinski definition) is 2. The molecule has 88 valence electrons. The average molecular weight is 260 g/mol. The van der Waals surface area contributed by atoms with Gasteiger partial charge in [0.15, 0.2) is 0 Å². The van der Waals surface area contributed by atoms with Crippen LogP contribution in [0.5, 0.6) is 0 Å². The van der Waals surface area contributed by atoms with E-state index in [9.17, 15) is 0 Å². The molecule has 1 aromatic carbocycles. The summed E-state index contributed by atoms with van der Waals surface area (Å²) in [6.07, 6.45) is 0.564. The average Bonchev–Trinajstić information content (AvgIpc) is 2.20. The van der Waals surface area contributed by atoms with Gasteiger partial charge in [0.1, 0.15) is 0 Å². The summed E-state index contributed by atoms with van der Waals surface area (Å²) in [4.78, 5) is 2.05. The van der Waals surface area contributed by atoms with Crippen LogP contribution in [0.2, 0.25) is 10.0 Å². The summed E-state index contributed by atoms with van der Waals surface area (Å²) < 4.78 is 0. The fourth-order valence-electron chi connectivity index (χ4n) is 1.35. The Labute approximate surface area is 106 Å². The molecule has 0 unspecified atom stereocenters. The number of nitrogens with one attached hydrogen (secondary N) is 1. The van der Waals surface area contributed by atoms with E-state index >= 15 is 0 Å². The van der Waals surface area contributed by atoms with Crippen LogP contribution in [-0.2, 0) is 6.54 Å². The summed E-state index contributed by atoms with van der Waals surface area (Å²) in [5.74, 6) is 0.198. The van der Waals surface area contributed by atoms with Gasteiger partial charge in [-0.3, -0.25) is 5.41 Å². The minimum Gasteiger partial charge on any atom is -0.388 e. The molecule has 5 heteroatoms. The Balaban J connectivity index is 2.58. The molecular weight excluding hydrogens is 245 g/mol. The van der Waals surface area contributed by atoms with Crippen LogP contribution in [0.25, 0.3) is 0 Å². The van der Waals surface area contributed by atoms with Crippen LogP contribution in [0.1, 0.15) is 12.0 Å². The van der Waals surface area contributed by atoms with Gasteiger partial charge in [-0.2, -0.15) is 0 Å². The van der Waals surface area contributed by atoms with Crippen LogP contribution in [0.4, 0.5) is 0 Å². The van der Waals surface area contributed by atoms with E-state index in [-0.39, 0.29) is 5.84 Å². The van der Waals surface area contributed by atoms with Gasteiger partial charge in [0, 0.05) is 29.6 Å². The molecule has 0 heterocycles. The van der Waals surface area contributed by atoms with Gasteiger partial charge in [-0.25, -0.2) is 0 Å². The molecule has 0 aliphatic heterocycles. The number of nitrogens with two attached hydrogens (primary N) is 1. The molecule has 0 bridgehead atoms. The predicted molar refractivity (Wildman–Crippen MR) is 69.3 cm³/mol. The Kier molecular flexibility index (Phi) is 5.06. The summed E-state index contributed by atoms with van der Waals surface area (Å²) in [6.45, 7) is 1.44.